The summed E-state index contributed by atoms with van der Waals surface area (Å²) in [5.74, 6) is 1.86. The van der Waals surface area contributed by atoms with Crippen molar-refractivity contribution in [3.63, 3.8) is 0 Å². The molecule has 0 unspecified atom stereocenters. The van der Waals surface area contributed by atoms with E-state index in [1.807, 2.05) is 12.1 Å². The summed E-state index contributed by atoms with van der Waals surface area (Å²) in [5, 5.41) is 9.82. The molecule has 0 N–H and O–H groups in total. The van der Waals surface area contributed by atoms with E-state index in [0.717, 1.165) is 44.5 Å². The molecule has 3 heteroatoms. The van der Waals surface area contributed by atoms with Gasteiger partial charge in [-0.2, -0.15) is 0 Å². The van der Waals surface area contributed by atoms with E-state index < -0.39 is 0 Å². The van der Waals surface area contributed by atoms with Gasteiger partial charge in [0.25, 0.3) is 0 Å². The highest BCUT2D eigenvalue weighted by Gasteiger charge is 2.21. The second-order valence-corrected chi connectivity index (χ2v) is 16.2. The molecule has 12 aromatic rings. The van der Waals surface area contributed by atoms with Crippen LogP contribution in [0.1, 0.15) is 0 Å². The van der Waals surface area contributed by atoms with Crippen molar-refractivity contribution in [2.45, 2.75) is 0 Å². The second-order valence-electron chi connectivity index (χ2n) is 16.2. The standard InChI is InChI=1S/C61H39N3/c1-3-18-40(19-4-1)47-26-11-15-31-53(47)60-62-59(63-61(64-60)54-32-16-12-27-48(54)41-20-5-2-6-21-41)45-36-34-44(35-37-45)56-51-29-13-14-30-52(51)57(50-33-17-24-42-22-7-9-25-46(42)50)55-39-38-43-23-8-10-28-49(43)58(55)56/h1-39H. The fraction of sp³-hybridized carbons (Fsp3) is 0. The van der Waals surface area contributed by atoms with E-state index in [0.29, 0.717) is 17.5 Å². The topological polar surface area (TPSA) is 38.7 Å². The summed E-state index contributed by atoms with van der Waals surface area (Å²) in [6.07, 6.45) is 0. The molecule has 298 valence electrons. The van der Waals surface area contributed by atoms with Gasteiger partial charge in [-0.05, 0) is 87.6 Å². The van der Waals surface area contributed by atoms with Gasteiger partial charge in [-0.1, -0.05) is 237 Å². The Balaban J connectivity index is 1.08. The van der Waals surface area contributed by atoms with Gasteiger partial charge in [-0.25, -0.2) is 15.0 Å². The minimum Gasteiger partial charge on any atom is -0.208 e. The molecule has 64 heavy (non-hydrogen) atoms. The number of rotatable bonds is 7. The van der Waals surface area contributed by atoms with Gasteiger partial charge in [-0.3, -0.25) is 0 Å². The van der Waals surface area contributed by atoms with E-state index >= 15 is 0 Å². The summed E-state index contributed by atoms with van der Waals surface area (Å²) in [5.41, 5.74) is 12.0. The molecule has 11 aromatic carbocycles. The fourth-order valence-electron chi connectivity index (χ4n) is 9.61. The number of benzene rings is 11. The molecule has 0 fully saturated rings. The van der Waals surface area contributed by atoms with E-state index in [4.69, 9.17) is 15.0 Å². The van der Waals surface area contributed by atoms with Crippen LogP contribution in [-0.2, 0) is 0 Å². The second kappa shape index (κ2) is 15.7. The first-order valence-corrected chi connectivity index (χ1v) is 21.8. The van der Waals surface area contributed by atoms with Crippen molar-refractivity contribution >= 4 is 43.1 Å². The highest BCUT2D eigenvalue weighted by Crippen LogP contribution is 2.48. The van der Waals surface area contributed by atoms with Gasteiger partial charge in [0.05, 0.1) is 0 Å². The SMILES string of the molecule is c1ccc(-c2ccccc2-c2nc(-c3ccc(-c4c5ccccc5c(-c5cccc6ccccc56)c5ccc6ccccc6c45)cc3)nc(-c3ccccc3-c3ccccc3)n2)cc1. The predicted octanol–water partition coefficient (Wildman–Crippen LogP) is 16.2. The lowest BCUT2D eigenvalue weighted by Crippen LogP contribution is -2.02. The van der Waals surface area contributed by atoms with E-state index in [1.54, 1.807) is 0 Å². The van der Waals surface area contributed by atoms with E-state index in [9.17, 15) is 0 Å². The van der Waals surface area contributed by atoms with E-state index in [-0.39, 0.29) is 0 Å². The van der Waals surface area contributed by atoms with Crippen molar-refractivity contribution in [1.29, 1.82) is 0 Å². The first kappa shape index (κ1) is 37.2. The van der Waals surface area contributed by atoms with Gasteiger partial charge in [-0.15, -0.1) is 0 Å². The zero-order valence-electron chi connectivity index (χ0n) is 34.9. The summed E-state index contributed by atoms with van der Waals surface area (Å²) in [6, 6.07) is 84.2. The zero-order chi connectivity index (χ0) is 42.4. The minimum atomic E-state index is 0.615. The molecule has 0 spiro atoms. The summed E-state index contributed by atoms with van der Waals surface area (Å²) in [7, 11) is 0. The first-order chi connectivity index (χ1) is 31.8. The van der Waals surface area contributed by atoms with Crippen LogP contribution in [0.4, 0.5) is 0 Å². The van der Waals surface area contributed by atoms with Gasteiger partial charge >= 0.3 is 0 Å². The lowest BCUT2D eigenvalue weighted by atomic mass is 9.83. The Morgan fingerprint density at radius 2 is 0.625 bits per heavy atom. The Bertz CT molecular complexity index is 3600. The van der Waals surface area contributed by atoms with E-state index in [2.05, 4.69) is 224 Å². The minimum absolute atomic E-state index is 0.615. The lowest BCUT2D eigenvalue weighted by Gasteiger charge is -2.20. The Labute approximate surface area is 371 Å². The van der Waals surface area contributed by atoms with Gasteiger partial charge in [0.15, 0.2) is 17.5 Å². The van der Waals surface area contributed by atoms with Gasteiger partial charge in [0, 0.05) is 16.7 Å². The molecular formula is C61H39N3. The van der Waals surface area contributed by atoms with Crippen molar-refractivity contribution in [3.05, 3.63) is 237 Å². The Hall–Kier alpha value is -8.53. The average Bonchev–Trinajstić information content (AvgIpc) is 3.38. The molecule has 0 aliphatic carbocycles. The maximum absolute atomic E-state index is 5.28. The maximum atomic E-state index is 5.28. The fourth-order valence-corrected chi connectivity index (χ4v) is 9.61. The summed E-state index contributed by atoms with van der Waals surface area (Å²) >= 11 is 0. The van der Waals surface area contributed by atoms with Crippen LogP contribution in [0.25, 0.3) is 122 Å². The number of nitrogens with zero attached hydrogens (tertiary/aromatic N) is 3. The largest absolute Gasteiger partial charge is 0.208 e. The molecule has 0 aliphatic heterocycles. The average molecular weight is 814 g/mol. The van der Waals surface area contributed by atoms with Crippen LogP contribution in [0.3, 0.4) is 0 Å². The summed E-state index contributed by atoms with van der Waals surface area (Å²) < 4.78 is 0. The molecule has 0 radical (unpaired) electrons. The third kappa shape index (κ3) is 6.42. The van der Waals surface area contributed by atoms with Crippen LogP contribution in [0, 0.1) is 0 Å². The molecule has 12 rings (SSSR count). The van der Waals surface area contributed by atoms with Gasteiger partial charge < -0.3 is 0 Å². The van der Waals surface area contributed by atoms with Crippen LogP contribution >= 0.6 is 0 Å². The third-order valence-electron chi connectivity index (χ3n) is 12.5. The molecule has 0 saturated heterocycles. The number of aromatic nitrogens is 3. The van der Waals surface area contributed by atoms with Crippen molar-refractivity contribution in [3.8, 4) is 78.7 Å². The molecular weight excluding hydrogens is 775 g/mol. The molecule has 1 heterocycles. The smallest absolute Gasteiger partial charge is 0.164 e. The van der Waals surface area contributed by atoms with Crippen molar-refractivity contribution < 1.29 is 0 Å². The Morgan fingerprint density at radius 1 is 0.203 bits per heavy atom. The van der Waals surface area contributed by atoms with Crippen LogP contribution in [0.15, 0.2) is 237 Å². The first-order valence-electron chi connectivity index (χ1n) is 21.8. The monoisotopic (exact) mass is 813 g/mol. The van der Waals surface area contributed by atoms with E-state index in [1.165, 1.54) is 59.8 Å². The van der Waals surface area contributed by atoms with Crippen LogP contribution in [-0.4, -0.2) is 15.0 Å². The highest BCUT2D eigenvalue weighted by atomic mass is 15.0. The molecule has 3 nitrogen and oxygen atoms in total. The van der Waals surface area contributed by atoms with Crippen molar-refractivity contribution in [1.82, 2.24) is 15.0 Å². The maximum Gasteiger partial charge on any atom is 0.164 e. The van der Waals surface area contributed by atoms with Crippen molar-refractivity contribution in [2.24, 2.45) is 0 Å². The molecule has 0 atom stereocenters. The highest BCUT2D eigenvalue weighted by molar-refractivity contribution is 6.29. The molecule has 0 amide bonds. The Morgan fingerprint density at radius 3 is 1.23 bits per heavy atom. The quantitative estimate of drug-likeness (QED) is 0.119. The third-order valence-corrected chi connectivity index (χ3v) is 12.5. The number of hydrogen-bond donors (Lipinski definition) is 0. The van der Waals surface area contributed by atoms with Gasteiger partial charge in [0.1, 0.15) is 0 Å². The van der Waals surface area contributed by atoms with Crippen LogP contribution in [0.5, 0.6) is 0 Å². The molecule has 0 aliphatic rings. The van der Waals surface area contributed by atoms with Crippen LogP contribution in [0.2, 0.25) is 0 Å². The molecule has 1 aromatic heterocycles. The number of hydrogen-bond acceptors (Lipinski definition) is 3. The molecule has 0 saturated carbocycles. The van der Waals surface area contributed by atoms with Crippen LogP contribution < -0.4 is 0 Å². The lowest BCUT2D eigenvalue weighted by molar-refractivity contribution is 1.07. The number of fused-ring (bicyclic) bond motifs is 5. The predicted molar refractivity (Wildman–Crippen MR) is 268 cm³/mol. The zero-order valence-corrected chi connectivity index (χ0v) is 34.9. The summed E-state index contributed by atoms with van der Waals surface area (Å²) in [4.78, 5) is 15.8. The molecule has 0 bridgehead atoms. The normalized spacial score (nSPS) is 11.4. The van der Waals surface area contributed by atoms with Crippen molar-refractivity contribution in [2.75, 3.05) is 0 Å². The Kier molecular flexibility index (Phi) is 9.16. The summed E-state index contributed by atoms with van der Waals surface area (Å²) in [6.45, 7) is 0. The van der Waals surface area contributed by atoms with Gasteiger partial charge in [0.2, 0.25) is 0 Å².